The van der Waals surface area contributed by atoms with Gasteiger partial charge in [-0.1, -0.05) is 32.6 Å². The summed E-state index contributed by atoms with van der Waals surface area (Å²) in [7, 11) is 2.32. The number of likely N-dealkylation sites (tertiary alicyclic amines) is 1. The molecule has 1 saturated carbocycles. The van der Waals surface area contributed by atoms with Gasteiger partial charge in [0, 0.05) is 25.2 Å². The van der Waals surface area contributed by atoms with Gasteiger partial charge in [0.15, 0.2) is 0 Å². The van der Waals surface area contributed by atoms with Crippen LogP contribution in [-0.2, 0) is 0 Å². The summed E-state index contributed by atoms with van der Waals surface area (Å²) in [5.74, 6) is 0.954. The maximum absolute atomic E-state index is 6.26. The number of nitrogens with two attached hydrogens (primary N) is 1. The molecule has 1 saturated heterocycles. The van der Waals surface area contributed by atoms with E-state index in [9.17, 15) is 0 Å². The molecule has 3 heteroatoms. The van der Waals surface area contributed by atoms with Gasteiger partial charge in [0.05, 0.1) is 0 Å². The molecule has 0 aromatic rings. The second kappa shape index (κ2) is 8.50. The maximum Gasteiger partial charge on any atom is 0.0329 e. The molecule has 1 heterocycles. The molecular weight excluding hydrogens is 258 g/mol. The standard InChI is InChI=1S/C18H37N3/c1-3-7-17-8-6-10-18(16-19,11-9-17)20(2)14-15-21-12-4-5-13-21/h17H,3-16,19H2,1-2H3. The maximum atomic E-state index is 6.26. The van der Waals surface area contributed by atoms with E-state index in [1.165, 1.54) is 84.0 Å². The first-order chi connectivity index (χ1) is 10.2. The van der Waals surface area contributed by atoms with Crippen LogP contribution < -0.4 is 5.73 Å². The molecule has 2 atom stereocenters. The van der Waals surface area contributed by atoms with E-state index in [1.807, 2.05) is 0 Å². The SMILES string of the molecule is CCCC1CCCC(CN)(N(C)CCN2CCCC2)CC1. The van der Waals surface area contributed by atoms with E-state index in [0.717, 1.165) is 12.5 Å². The van der Waals surface area contributed by atoms with Crippen molar-refractivity contribution < 1.29 is 0 Å². The fourth-order valence-corrected chi connectivity index (χ4v) is 4.44. The number of rotatable bonds is 7. The molecule has 1 aliphatic heterocycles. The first kappa shape index (κ1) is 17.2. The van der Waals surface area contributed by atoms with Crippen molar-refractivity contribution >= 4 is 0 Å². The number of hydrogen-bond acceptors (Lipinski definition) is 3. The van der Waals surface area contributed by atoms with Gasteiger partial charge in [0.1, 0.15) is 0 Å². The highest BCUT2D eigenvalue weighted by atomic mass is 15.2. The Bertz CT molecular complexity index is 288. The molecular formula is C18H37N3. The Labute approximate surface area is 132 Å². The summed E-state index contributed by atoms with van der Waals surface area (Å²) in [6.07, 6.45) is 12.3. The molecule has 2 fully saturated rings. The lowest BCUT2D eigenvalue weighted by Gasteiger charge is -2.41. The summed E-state index contributed by atoms with van der Waals surface area (Å²) < 4.78 is 0. The van der Waals surface area contributed by atoms with Crippen LogP contribution in [0, 0.1) is 5.92 Å². The topological polar surface area (TPSA) is 32.5 Å². The van der Waals surface area contributed by atoms with Crippen LogP contribution >= 0.6 is 0 Å². The van der Waals surface area contributed by atoms with Gasteiger partial charge in [-0.15, -0.1) is 0 Å². The molecule has 0 aromatic heterocycles. The van der Waals surface area contributed by atoms with Gasteiger partial charge < -0.3 is 10.6 Å². The highest BCUT2D eigenvalue weighted by Gasteiger charge is 2.35. The zero-order chi connectivity index (χ0) is 15.1. The molecule has 0 aromatic carbocycles. The quantitative estimate of drug-likeness (QED) is 0.733. The molecule has 2 rings (SSSR count). The normalized spacial score (nSPS) is 31.7. The molecule has 1 aliphatic carbocycles. The fraction of sp³-hybridized carbons (Fsp3) is 1.00. The molecule has 2 unspecified atom stereocenters. The van der Waals surface area contributed by atoms with E-state index in [4.69, 9.17) is 5.73 Å². The van der Waals surface area contributed by atoms with Crippen LogP contribution in [0.5, 0.6) is 0 Å². The number of hydrogen-bond donors (Lipinski definition) is 1. The summed E-state index contributed by atoms with van der Waals surface area (Å²) in [6.45, 7) is 8.20. The van der Waals surface area contributed by atoms with Gasteiger partial charge >= 0.3 is 0 Å². The second-order valence-corrected chi connectivity index (χ2v) is 7.48. The van der Waals surface area contributed by atoms with E-state index < -0.39 is 0 Å². The van der Waals surface area contributed by atoms with Crippen LogP contribution in [0.3, 0.4) is 0 Å². The van der Waals surface area contributed by atoms with Crippen LogP contribution in [0.2, 0.25) is 0 Å². The van der Waals surface area contributed by atoms with Gasteiger partial charge in [-0.25, -0.2) is 0 Å². The Morgan fingerprint density at radius 1 is 1.14 bits per heavy atom. The molecule has 2 aliphatic rings. The van der Waals surface area contributed by atoms with E-state index in [0.29, 0.717) is 0 Å². The monoisotopic (exact) mass is 295 g/mol. The fourth-order valence-electron chi connectivity index (χ4n) is 4.44. The lowest BCUT2D eigenvalue weighted by molar-refractivity contribution is 0.0946. The van der Waals surface area contributed by atoms with Crippen molar-refractivity contribution in [1.82, 2.24) is 9.80 Å². The highest BCUT2D eigenvalue weighted by Crippen LogP contribution is 2.35. The molecule has 2 N–H and O–H groups in total. The van der Waals surface area contributed by atoms with E-state index >= 15 is 0 Å². The molecule has 3 nitrogen and oxygen atoms in total. The minimum atomic E-state index is 0.280. The Morgan fingerprint density at radius 3 is 2.57 bits per heavy atom. The minimum Gasteiger partial charge on any atom is -0.329 e. The third-order valence-corrected chi connectivity index (χ3v) is 6.11. The third-order valence-electron chi connectivity index (χ3n) is 6.11. The van der Waals surface area contributed by atoms with Crippen LogP contribution in [0.4, 0.5) is 0 Å². The molecule has 0 radical (unpaired) electrons. The van der Waals surface area contributed by atoms with Crippen molar-refractivity contribution in [3.8, 4) is 0 Å². The van der Waals surface area contributed by atoms with Crippen molar-refractivity contribution in [1.29, 1.82) is 0 Å². The first-order valence-corrected chi connectivity index (χ1v) is 9.34. The zero-order valence-electron chi connectivity index (χ0n) is 14.4. The Hall–Kier alpha value is -0.120. The van der Waals surface area contributed by atoms with Crippen LogP contribution in [0.15, 0.2) is 0 Å². The van der Waals surface area contributed by atoms with Crippen molar-refractivity contribution in [3.05, 3.63) is 0 Å². The van der Waals surface area contributed by atoms with E-state index in [2.05, 4.69) is 23.8 Å². The van der Waals surface area contributed by atoms with Crippen LogP contribution in [-0.4, -0.2) is 55.1 Å². The average molecular weight is 296 g/mol. The molecule has 0 bridgehead atoms. The highest BCUT2D eigenvalue weighted by molar-refractivity contribution is 4.93. The smallest absolute Gasteiger partial charge is 0.0329 e. The van der Waals surface area contributed by atoms with Gasteiger partial charge in [-0.2, -0.15) is 0 Å². The lowest BCUT2D eigenvalue weighted by Crippen LogP contribution is -2.53. The Balaban J connectivity index is 1.86. The summed E-state index contributed by atoms with van der Waals surface area (Å²) in [4.78, 5) is 5.23. The van der Waals surface area contributed by atoms with Gasteiger partial charge in [0.25, 0.3) is 0 Å². The lowest BCUT2D eigenvalue weighted by atomic mass is 9.87. The molecule has 0 amide bonds. The van der Waals surface area contributed by atoms with E-state index in [-0.39, 0.29) is 5.54 Å². The predicted octanol–water partition coefficient (Wildman–Crippen LogP) is 3.09. The molecule has 21 heavy (non-hydrogen) atoms. The summed E-state index contributed by atoms with van der Waals surface area (Å²) in [5.41, 5.74) is 6.54. The molecule has 0 spiro atoms. The number of likely N-dealkylation sites (N-methyl/N-ethyl adjacent to an activating group) is 1. The second-order valence-electron chi connectivity index (χ2n) is 7.48. The Kier molecular flexibility index (Phi) is 6.97. The Morgan fingerprint density at radius 2 is 1.90 bits per heavy atom. The van der Waals surface area contributed by atoms with Crippen molar-refractivity contribution in [3.63, 3.8) is 0 Å². The average Bonchev–Trinajstić information content (AvgIpc) is 2.93. The first-order valence-electron chi connectivity index (χ1n) is 9.34. The summed E-state index contributed by atoms with van der Waals surface area (Å²) >= 11 is 0. The third kappa shape index (κ3) is 4.67. The summed E-state index contributed by atoms with van der Waals surface area (Å²) in [6, 6.07) is 0. The minimum absolute atomic E-state index is 0.280. The zero-order valence-corrected chi connectivity index (χ0v) is 14.4. The number of nitrogens with zero attached hydrogens (tertiary/aromatic N) is 2. The summed E-state index contributed by atoms with van der Waals surface area (Å²) in [5, 5.41) is 0. The van der Waals surface area contributed by atoms with Gasteiger partial charge in [-0.3, -0.25) is 4.90 Å². The van der Waals surface area contributed by atoms with Crippen LogP contribution in [0.1, 0.15) is 64.7 Å². The van der Waals surface area contributed by atoms with Gasteiger partial charge in [0.2, 0.25) is 0 Å². The van der Waals surface area contributed by atoms with Crippen molar-refractivity contribution in [2.45, 2.75) is 70.3 Å². The molecule has 124 valence electrons. The largest absolute Gasteiger partial charge is 0.329 e. The van der Waals surface area contributed by atoms with Crippen LogP contribution in [0.25, 0.3) is 0 Å². The van der Waals surface area contributed by atoms with E-state index in [1.54, 1.807) is 0 Å². The van der Waals surface area contributed by atoms with Gasteiger partial charge in [-0.05, 0) is 58.2 Å². The van der Waals surface area contributed by atoms with Crippen molar-refractivity contribution in [2.75, 3.05) is 39.8 Å². The van der Waals surface area contributed by atoms with Crippen molar-refractivity contribution in [2.24, 2.45) is 11.7 Å². The predicted molar refractivity (Wildman–Crippen MR) is 91.6 cm³/mol.